The van der Waals surface area contributed by atoms with Crippen LogP contribution in [0.25, 0.3) is 11.4 Å². The quantitative estimate of drug-likeness (QED) is 0.592. The lowest BCUT2D eigenvalue weighted by Gasteiger charge is -2.12. The summed E-state index contributed by atoms with van der Waals surface area (Å²) in [5.74, 6) is 0.870. The van der Waals surface area contributed by atoms with Crippen LogP contribution in [0.1, 0.15) is 6.42 Å². The van der Waals surface area contributed by atoms with Crippen LogP contribution in [0.5, 0.6) is 0 Å². The number of halogens is 1. The molecule has 3 rings (SSSR count). The van der Waals surface area contributed by atoms with Crippen LogP contribution < -0.4 is 10.6 Å². The summed E-state index contributed by atoms with van der Waals surface area (Å²) in [7, 11) is 4.09. The minimum atomic E-state index is -0.277. The smallest absolute Gasteiger partial charge is 0.225 e. The van der Waals surface area contributed by atoms with Gasteiger partial charge in [0.25, 0.3) is 0 Å². The van der Waals surface area contributed by atoms with Gasteiger partial charge in [0.1, 0.15) is 11.6 Å². The lowest BCUT2D eigenvalue weighted by Crippen LogP contribution is -2.17. The summed E-state index contributed by atoms with van der Waals surface area (Å²) in [4.78, 5) is 15.6. The highest BCUT2D eigenvalue weighted by Crippen LogP contribution is 2.22. The van der Waals surface area contributed by atoms with Crippen LogP contribution in [0.4, 0.5) is 21.8 Å². The number of hydrogen-bond donors (Lipinski definition) is 2. The van der Waals surface area contributed by atoms with E-state index < -0.39 is 0 Å². The molecule has 27 heavy (non-hydrogen) atoms. The molecule has 2 aromatic heterocycles. The van der Waals surface area contributed by atoms with E-state index >= 15 is 0 Å². The highest BCUT2D eigenvalue weighted by Gasteiger charge is 2.08. The van der Waals surface area contributed by atoms with Gasteiger partial charge < -0.3 is 15.5 Å². The fourth-order valence-corrected chi connectivity index (χ4v) is 2.51. The van der Waals surface area contributed by atoms with Crippen LogP contribution >= 0.6 is 0 Å². The highest BCUT2D eigenvalue weighted by atomic mass is 19.1. The van der Waals surface area contributed by atoms with Gasteiger partial charge >= 0.3 is 0 Å². The van der Waals surface area contributed by atoms with E-state index in [9.17, 15) is 4.39 Å². The second-order valence-electron chi connectivity index (χ2n) is 6.39. The normalized spacial score (nSPS) is 10.8. The first-order chi connectivity index (χ1) is 13.1. The predicted molar refractivity (Wildman–Crippen MR) is 107 cm³/mol. The summed E-state index contributed by atoms with van der Waals surface area (Å²) in [6.07, 6.45) is 2.71. The minimum absolute atomic E-state index is 0.277. The molecule has 0 atom stereocenters. The van der Waals surface area contributed by atoms with Gasteiger partial charge in [-0.25, -0.2) is 9.37 Å². The third-order valence-electron chi connectivity index (χ3n) is 3.84. The van der Waals surface area contributed by atoms with Crippen molar-refractivity contribution < 1.29 is 4.39 Å². The summed E-state index contributed by atoms with van der Waals surface area (Å²) < 4.78 is 13.1. The molecule has 0 unspecified atom stereocenters. The molecule has 0 bridgehead atoms. The van der Waals surface area contributed by atoms with E-state index in [4.69, 9.17) is 0 Å². The second-order valence-corrected chi connectivity index (χ2v) is 6.39. The van der Waals surface area contributed by atoms with Crippen molar-refractivity contribution in [3.05, 3.63) is 60.5 Å². The number of aromatic nitrogens is 3. The van der Waals surface area contributed by atoms with Gasteiger partial charge in [-0.1, -0.05) is 6.07 Å². The monoisotopic (exact) mass is 366 g/mol. The Morgan fingerprint density at radius 2 is 1.81 bits per heavy atom. The molecule has 7 heteroatoms. The van der Waals surface area contributed by atoms with Crippen molar-refractivity contribution in [1.82, 2.24) is 19.9 Å². The maximum Gasteiger partial charge on any atom is 0.225 e. The molecule has 0 fully saturated rings. The molecule has 0 aliphatic rings. The van der Waals surface area contributed by atoms with Crippen molar-refractivity contribution in [2.24, 2.45) is 0 Å². The average molecular weight is 366 g/mol. The number of hydrogen-bond acceptors (Lipinski definition) is 6. The molecule has 0 saturated heterocycles. The number of pyridine rings is 1. The van der Waals surface area contributed by atoms with Gasteiger partial charge in [-0.2, -0.15) is 4.98 Å². The van der Waals surface area contributed by atoms with Crippen molar-refractivity contribution in [3.63, 3.8) is 0 Å². The summed E-state index contributed by atoms with van der Waals surface area (Å²) in [6, 6.07) is 13.7. The SMILES string of the molecule is CN(C)CCCNc1nc(Nc2ccc(F)cc2)cc(-c2ccccn2)n1. The van der Waals surface area contributed by atoms with E-state index in [1.165, 1.54) is 12.1 Å². The van der Waals surface area contributed by atoms with Crippen molar-refractivity contribution >= 4 is 17.5 Å². The molecule has 2 heterocycles. The van der Waals surface area contributed by atoms with Gasteiger partial charge in [0.2, 0.25) is 5.95 Å². The van der Waals surface area contributed by atoms with E-state index in [1.807, 2.05) is 38.4 Å². The van der Waals surface area contributed by atoms with Crippen molar-refractivity contribution in [2.45, 2.75) is 6.42 Å². The van der Waals surface area contributed by atoms with Gasteiger partial charge in [0.05, 0.1) is 11.4 Å². The Kier molecular flexibility index (Phi) is 6.27. The molecule has 0 amide bonds. The first-order valence-electron chi connectivity index (χ1n) is 8.82. The predicted octanol–water partition coefficient (Wildman–Crippen LogP) is 3.78. The molecule has 2 N–H and O–H groups in total. The maximum absolute atomic E-state index is 13.1. The van der Waals surface area contributed by atoms with Crippen LogP contribution in [0.2, 0.25) is 0 Å². The first kappa shape index (κ1) is 18.7. The molecular formula is C20H23FN6. The number of nitrogens with zero attached hydrogens (tertiary/aromatic N) is 4. The number of rotatable bonds is 8. The Labute approximate surface area is 158 Å². The fraction of sp³-hybridized carbons (Fsp3) is 0.250. The van der Waals surface area contributed by atoms with Crippen LogP contribution in [-0.4, -0.2) is 47.0 Å². The van der Waals surface area contributed by atoms with Crippen LogP contribution in [0, 0.1) is 5.82 Å². The third-order valence-corrected chi connectivity index (χ3v) is 3.84. The average Bonchev–Trinajstić information content (AvgIpc) is 2.67. The molecule has 140 valence electrons. The Morgan fingerprint density at radius 3 is 2.52 bits per heavy atom. The Bertz CT molecular complexity index is 852. The molecule has 0 saturated carbocycles. The Hall–Kier alpha value is -3.06. The van der Waals surface area contributed by atoms with Crippen molar-refractivity contribution in [1.29, 1.82) is 0 Å². The van der Waals surface area contributed by atoms with Crippen molar-refractivity contribution in [3.8, 4) is 11.4 Å². The van der Waals surface area contributed by atoms with Gasteiger partial charge in [0.15, 0.2) is 0 Å². The lowest BCUT2D eigenvalue weighted by molar-refractivity contribution is 0.405. The number of nitrogens with one attached hydrogen (secondary N) is 2. The lowest BCUT2D eigenvalue weighted by atomic mass is 10.2. The standard InChI is InChI=1S/C20H23FN6/c1-27(2)13-5-12-23-20-25-18(17-6-3-4-11-22-17)14-19(26-20)24-16-9-7-15(21)8-10-16/h3-4,6-11,14H,5,12-13H2,1-2H3,(H2,23,24,25,26). The van der Waals surface area contributed by atoms with Gasteiger partial charge in [-0.3, -0.25) is 4.98 Å². The van der Waals surface area contributed by atoms with E-state index in [0.29, 0.717) is 17.5 Å². The van der Waals surface area contributed by atoms with Crippen LogP contribution in [-0.2, 0) is 0 Å². The minimum Gasteiger partial charge on any atom is -0.354 e. The molecule has 0 radical (unpaired) electrons. The van der Waals surface area contributed by atoms with Gasteiger partial charge in [-0.15, -0.1) is 0 Å². The molecule has 0 aliphatic carbocycles. The molecule has 0 spiro atoms. The Balaban J connectivity index is 1.82. The largest absolute Gasteiger partial charge is 0.354 e. The molecule has 3 aromatic rings. The maximum atomic E-state index is 13.1. The zero-order chi connectivity index (χ0) is 19.1. The van der Waals surface area contributed by atoms with Crippen molar-refractivity contribution in [2.75, 3.05) is 37.8 Å². The van der Waals surface area contributed by atoms with E-state index in [2.05, 4.69) is 30.5 Å². The van der Waals surface area contributed by atoms with E-state index in [1.54, 1.807) is 18.3 Å². The molecule has 0 aliphatic heterocycles. The zero-order valence-electron chi connectivity index (χ0n) is 15.5. The fourth-order valence-electron chi connectivity index (χ4n) is 2.51. The summed E-state index contributed by atoms with van der Waals surface area (Å²) >= 11 is 0. The van der Waals surface area contributed by atoms with E-state index in [-0.39, 0.29) is 5.82 Å². The summed E-state index contributed by atoms with van der Waals surface area (Å²) in [6.45, 7) is 1.74. The van der Waals surface area contributed by atoms with Crippen LogP contribution in [0.15, 0.2) is 54.7 Å². The van der Waals surface area contributed by atoms with E-state index in [0.717, 1.165) is 30.9 Å². The Morgan fingerprint density at radius 1 is 1.00 bits per heavy atom. The number of anilines is 3. The first-order valence-corrected chi connectivity index (χ1v) is 8.82. The molecular weight excluding hydrogens is 343 g/mol. The third kappa shape index (κ3) is 5.72. The molecule has 1 aromatic carbocycles. The zero-order valence-corrected chi connectivity index (χ0v) is 15.5. The summed E-state index contributed by atoms with van der Waals surface area (Å²) in [5, 5.41) is 6.47. The molecule has 6 nitrogen and oxygen atoms in total. The topological polar surface area (TPSA) is 66.0 Å². The second kappa shape index (κ2) is 9.05. The highest BCUT2D eigenvalue weighted by molar-refractivity contribution is 5.65. The van der Waals surface area contributed by atoms with Gasteiger partial charge in [-0.05, 0) is 63.5 Å². The summed E-state index contributed by atoms with van der Waals surface area (Å²) in [5.41, 5.74) is 2.23. The van der Waals surface area contributed by atoms with Gasteiger partial charge in [0, 0.05) is 24.5 Å². The van der Waals surface area contributed by atoms with Crippen LogP contribution in [0.3, 0.4) is 0 Å². The number of benzene rings is 1.